The van der Waals surface area contributed by atoms with Crippen molar-refractivity contribution in [3.8, 4) is 0 Å². The van der Waals surface area contributed by atoms with Crippen LogP contribution in [-0.2, 0) is 14.8 Å². The molecule has 0 unspecified atom stereocenters. The lowest BCUT2D eigenvalue weighted by atomic mass is 10.2. The highest BCUT2D eigenvalue weighted by Gasteiger charge is 2.24. The minimum Gasteiger partial charge on any atom is -0.325 e. The second-order valence-corrected chi connectivity index (χ2v) is 8.30. The molecule has 0 fully saturated rings. The predicted molar refractivity (Wildman–Crippen MR) is 101 cm³/mol. The molecule has 0 bridgehead atoms. The highest BCUT2D eigenvalue weighted by molar-refractivity contribution is 7.89. The van der Waals surface area contributed by atoms with Gasteiger partial charge in [-0.1, -0.05) is 40.9 Å². The monoisotopic (exact) mass is 420 g/mol. The number of nitrogens with one attached hydrogen (secondary N) is 2. The molecule has 5 nitrogen and oxygen atoms in total. The Morgan fingerprint density at radius 1 is 1.04 bits per heavy atom. The van der Waals surface area contributed by atoms with Crippen molar-refractivity contribution in [1.82, 2.24) is 4.72 Å². The van der Waals surface area contributed by atoms with Crippen LogP contribution in [0.3, 0.4) is 0 Å². The number of rotatable bonds is 5. The van der Waals surface area contributed by atoms with Gasteiger partial charge in [0.15, 0.2) is 0 Å². The number of carbonyl (C=O) groups is 1. The van der Waals surface area contributed by atoms with Crippen LogP contribution in [0.15, 0.2) is 41.3 Å². The topological polar surface area (TPSA) is 75.3 Å². The van der Waals surface area contributed by atoms with Gasteiger partial charge in [-0.15, -0.1) is 0 Å². The smallest absolute Gasteiger partial charge is 0.242 e. The summed E-state index contributed by atoms with van der Waals surface area (Å²) < 4.78 is 27.1. The van der Waals surface area contributed by atoms with E-state index in [4.69, 9.17) is 34.8 Å². The van der Waals surface area contributed by atoms with E-state index in [0.29, 0.717) is 10.7 Å². The Hall–Kier alpha value is -1.31. The number of carbonyl (C=O) groups excluding carboxylic acids is 1. The first-order chi connectivity index (χ1) is 11.6. The molecule has 2 N–H and O–H groups in total. The maximum atomic E-state index is 12.4. The lowest BCUT2D eigenvalue weighted by molar-refractivity contribution is -0.117. The van der Waals surface area contributed by atoms with E-state index >= 15 is 0 Å². The van der Waals surface area contributed by atoms with Crippen LogP contribution >= 0.6 is 34.8 Å². The van der Waals surface area contributed by atoms with E-state index in [1.807, 2.05) is 6.92 Å². The molecule has 2 rings (SSSR count). The van der Waals surface area contributed by atoms with Crippen LogP contribution in [0.5, 0.6) is 0 Å². The van der Waals surface area contributed by atoms with Crippen molar-refractivity contribution in [2.75, 3.05) is 5.32 Å². The van der Waals surface area contributed by atoms with E-state index in [-0.39, 0.29) is 14.9 Å². The standard InChI is InChI=1S/C16H15Cl3N2O3S/c1-9-3-5-12(8-14(9)19)20-16(22)10(2)21-25(23,24)15-7-11(17)4-6-13(15)18/h3-8,10,21H,1-2H3,(H,20,22)/t10-/m1/s1. The number of benzene rings is 2. The zero-order valence-electron chi connectivity index (χ0n) is 13.3. The molecule has 2 aromatic rings. The molecule has 0 saturated carbocycles. The third kappa shape index (κ3) is 5.09. The summed E-state index contributed by atoms with van der Waals surface area (Å²) in [6.07, 6.45) is 0. The summed E-state index contributed by atoms with van der Waals surface area (Å²) in [5.74, 6) is -0.540. The third-order valence-electron chi connectivity index (χ3n) is 3.35. The Bertz CT molecular complexity index is 917. The van der Waals surface area contributed by atoms with Crippen LogP contribution in [0.25, 0.3) is 0 Å². The molecule has 0 saturated heterocycles. The fraction of sp³-hybridized carbons (Fsp3) is 0.188. The molecule has 0 spiro atoms. The van der Waals surface area contributed by atoms with Crippen molar-refractivity contribution in [2.24, 2.45) is 0 Å². The van der Waals surface area contributed by atoms with Crippen molar-refractivity contribution < 1.29 is 13.2 Å². The van der Waals surface area contributed by atoms with Crippen LogP contribution in [0, 0.1) is 6.92 Å². The molecule has 0 heterocycles. The van der Waals surface area contributed by atoms with Gasteiger partial charge in [0.1, 0.15) is 4.90 Å². The first-order valence-electron chi connectivity index (χ1n) is 7.14. The minimum atomic E-state index is -4.02. The SMILES string of the molecule is Cc1ccc(NC(=O)[C@@H](C)NS(=O)(=O)c2cc(Cl)ccc2Cl)cc1Cl. The van der Waals surface area contributed by atoms with Crippen molar-refractivity contribution in [3.63, 3.8) is 0 Å². The highest BCUT2D eigenvalue weighted by Crippen LogP contribution is 2.25. The summed E-state index contributed by atoms with van der Waals surface area (Å²) in [5, 5.41) is 3.33. The Morgan fingerprint density at radius 2 is 1.72 bits per heavy atom. The average Bonchev–Trinajstić information content (AvgIpc) is 2.52. The van der Waals surface area contributed by atoms with Gasteiger partial charge in [-0.25, -0.2) is 8.42 Å². The largest absolute Gasteiger partial charge is 0.325 e. The zero-order chi connectivity index (χ0) is 18.8. The van der Waals surface area contributed by atoms with Gasteiger partial charge in [0.25, 0.3) is 0 Å². The fourth-order valence-electron chi connectivity index (χ4n) is 1.95. The normalized spacial score (nSPS) is 12.7. The number of hydrogen-bond donors (Lipinski definition) is 2. The number of hydrogen-bond acceptors (Lipinski definition) is 3. The van der Waals surface area contributed by atoms with Gasteiger partial charge in [-0.3, -0.25) is 4.79 Å². The van der Waals surface area contributed by atoms with Crippen LogP contribution < -0.4 is 10.0 Å². The average molecular weight is 422 g/mol. The first-order valence-corrected chi connectivity index (χ1v) is 9.76. The van der Waals surface area contributed by atoms with E-state index in [0.717, 1.165) is 5.56 Å². The van der Waals surface area contributed by atoms with Crippen LogP contribution in [0.4, 0.5) is 5.69 Å². The Morgan fingerprint density at radius 3 is 2.36 bits per heavy atom. The molecule has 2 aromatic carbocycles. The Kier molecular flexibility index (Phi) is 6.35. The molecule has 1 atom stereocenters. The van der Waals surface area contributed by atoms with Crippen LogP contribution in [0.2, 0.25) is 15.1 Å². The van der Waals surface area contributed by atoms with Crippen molar-refractivity contribution in [1.29, 1.82) is 0 Å². The summed E-state index contributed by atoms with van der Waals surface area (Å²) in [6.45, 7) is 3.25. The molecule has 134 valence electrons. The summed E-state index contributed by atoms with van der Waals surface area (Å²) in [7, 11) is -4.02. The zero-order valence-corrected chi connectivity index (χ0v) is 16.4. The molecular formula is C16H15Cl3N2O3S. The van der Waals surface area contributed by atoms with Gasteiger partial charge in [-0.05, 0) is 49.7 Å². The van der Waals surface area contributed by atoms with E-state index in [9.17, 15) is 13.2 Å². The predicted octanol–water partition coefficient (Wildman–Crippen LogP) is 4.26. The maximum Gasteiger partial charge on any atom is 0.242 e. The summed E-state index contributed by atoms with van der Waals surface area (Å²) in [6, 6.07) is 8.03. The van der Waals surface area contributed by atoms with Gasteiger partial charge >= 0.3 is 0 Å². The highest BCUT2D eigenvalue weighted by atomic mass is 35.5. The first kappa shape index (κ1) is 20.0. The molecule has 1 amide bonds. The molecule has 0 aliphatic rings. The minimum absolute atomic E-state index is 0.00910. The second-order valence-electron chi connectivity index (χ2n) is 5.37. The molecular weight excluding hydrogens is 407 g/mol. The summed E-state index contributed by atoms with van der Waals surface area (Å²) >= 11 is 17.7. The lowest BCUT2D eigenvalue weighted by Gasteiger charge is -2.15. The molecule has 0 aliphatic carbocycles. The lowest BCUT2D eigenvalue weighted by Crippen LogP contribution is -2.41. The van der Waals surface area contributed by atoms with Crippen molar-refractivity contribution in [3.05, 3.63) is 57.0 Å². The van der Waals surface area contributed by atoms with Crippen LogP contribution in [0.1, 0.15) is 12.5 Å². The van der Waals surface area contributed by atoms with E-state index < -0.39 is 22.0 Å². The molecule has 25 heavy (non-hydrogen) atoms. The maximum absolute atomic E-state index is 12.4. The number of aryl methyl sites for hydroxylation is 1. The van der Waals surface area contributed by atoms with Gasteiger partial charge in [0, 0.05) is 15.7 Å². The molecule has 0 aliphatic heterocycles. The number of amides is 1. The van der Waals surface area contributed by atoms with E-state index in [1.165, 1.54) is 25.1 Å². The third-order valence-corrected chi connectivity index (χ3v) is 6.01. The van der Waals surface area contributed by atoms with Crippen LogP contribution in [-0.4, -0.2) is 20.4 Å². The van der Waals surface area contributed by atoms with E-state index in [1.54, 1.807) is 18.2 Å². The van der Waals surface area contributed by atoms with Crippen molar-refractivity contribution in [2.45, 2.75) is 24.8 Å². The quantitative estimate of drug-likeness (QED) is 0.757. The van der Waals surface area contributed by atoms with Gasteiger partial charge in [-0.2, -0.15) is 4.72 Å². The van der Waals surface area contributed by atoms with Crippen molar-refractivity contribution >= 4 is 56.4 Å². The summed E-state index contributed by atoms with van der Waals surface area (Å²) in [5.41, 5.74) is 1.33. The molecule has 9 heteroatoms. The van der Waals surface area contributed by atoms with Gasteiger partial charge in [0.2, 0.25) is 15.9 Å². The molecule has 0 radical (unpaired) electrons. The Balaban J connectivity index is 2.14. The summed E-state index contributed by atoms with van der Waals surface area (Å²) in [4.78, 5) is 12.0. The molecule has 0 aromatic heterocycles. The number of halogens is 3. The number of anilines is 1. The van der Waals surface area contributed by atoms with E-state index in [2.05, 4.69) is 10.0 Å². The second kappa shape index (κ2) is 7.93. The number of sulfonamides is 1. The van der Waals surface area contributed by atoms with Gasteiger partial charge in [0.05, 0.1) is 11.1 Å². The Labute approximate surface area is 161 Å². The van der Waals surface area contributed by atoms with Gasteiger partial charge < -0.3 is 5.32 Å². The fourth-order valence-corrected chi connectivity index (χ4v) is 4.10.